The Hall–Kier alpha value is -4.84. The number of esters is 1. The van der Waals surface area contributed by atoms with Crippen molar-refractivity contribution in [1.82, 2.24) is 0 Å². The summed E-state index contributed by atoms with van der Waals surface area (Å²) in [6, 6.07) is 20.2. The zero-order valence-electron chi connectivity index (χ0n) is 25.9. The van der Waals surface area contributed by atoms with Crippen LogP contribution in [-0.2, 0) is 26.9 Å². The number of benzene rings is 4. The molecule has 7 rings (SSSR count). The number of para-hydroxylation sites is 1. The van der Waals surface area contributed by atoms with Crippen LogP contribution in [0.3, 0.4) is 0 Å². The van der Waals surface area contributed by atoms with E-state index in [-0.39, 0.29) is 11.4 Å². The highest BCUT2D eigenvalue weighted by Crippen LogP contribution is 2.52. The molecule has 4 aromatic rings. The van der Waals surface area contributed by atoms with E-state index in [1.807, 2.05) is 30.3 Å². The number of hydrogen-bond acceptors (Lipinski definition) is 4. The summed E-state index contributed by atoms with van der Waals surface area (Å²) in [7, 11) is 1.36. The number of halogens is 4. The molecular weight excluding hydrogens is 625 g/mol. The summed E-state index contributed by atoms with van der Waals surface area (Å²) in [6.07, 6.45) is 3.01. The average molecular weight is 655 g/mol. The quantitative estimate of drug-likeness (QED) is 0.159. The van der Waals surface area contributed by atoms with Gasteiger partial charge in [0.2, 0.25) is 0 Å². The van der Waals surface area contributed by atoms with Crippen LogP contribution in [0.25, 0.3) is 33.0 Å². The highest BCUT2D eigenvalue weighted by Gasteiger charge is 2.36. The van der Waals surface area contributed by atoms with Gasteiger partial charge in [-0.2, -0.15) is 13.2 Å². The van der Waals surface area contributed by atoms with Gasteiger partial charge >= 0.3 is 12.1 Å². The molecule has 47 heavy (non-hydrogen) atoms. The number of methoxy groups -OCH3 is 1. The summed E-state index contributed by atoms with van der Waals surface area (Å²) in [5.74, 6) is 2.59. The lowest BCUT2D eigenvalue weighted by Gasteiger charge is -2.36. The van der Waals surface area contributed by atoms with E-state index in [1.54, 1.807) is 30.3 Å². The summed E-state index contributed by atoms with van der Waals surface area (Å²) in [5, 5.41) is 1.56. The molecular formula is C39H30ClF3O4. The van der Waals surface area contributed by atoms with Crippen molar-refractivity contribution < 1.29 is 32.2 Å². The van der Waals surface area contributed by atoms with Crippen LogP contribution in [0.15, 0.2) is 102 Å². The van der Waals surface area contributed by atoms with Crippen LogP contribution in [0.4, 0.5) is 13.2 Å². The molecule has 0 amide bonds. The van der Waals surface area contributed by atoms with Crippen molar-refractivity contribution in [2.75, 3.05) is 7.11 Å². The first-order valence-electron chi connectivity index (χ1n) is 15.0. The van der Waals surface area contributed by atoms with E-state index >= 15 is 0 Å². The molecule has 0 atom stereocenters. The molecule has 2 aliphatic carbocycles. The Bertz CT molecular complexity index is 2060. The maximum atomic E-state index is 13.8. The molecule has 1 heterocycles. The minimum atomic E-state index is -4.50. The minimum absolute atomic E-state index is 0.113. The number of carbonyl (C=O) groups is 1. The molecule has 8 heteroatoms. The first kappa shape index (κ1) is 32.1. The van der Waals surface area contributed by atoms with Crippen molar-refractivity contribution >= 4 is 45.4 Å². The van der Waals surface area contributed by atoms with E-state index in [0.717, 1.165) is 40.5 Å². The number of fused-ring (bicyclic) bond motifs is 5. The largest absolute Gasteiger partial charge is 0.466 e. The second-order valence-electron chi connectivity index (χ2n) is 12.3. The van der Waals surface area contributed by atoms with Crippen LogP contribution < -0.4 is 4.74 Å². The molecule has 0 N–H and O–H groups in total. The van der Waals surface area contributed by atoms with Crippen LogP contribution >= 0.6 is 11.6 Å². The SMILES string of the molecule is CC1(C)CC=CC2=C1CC(=C=O)c1c2ccc2cc(C(F)(F)F)cc(-c3ccc(Cl)cc3)c12.COC(=O)C1=COc2ccccc2C1. The Morgan fingerprint density at radius 2 is 1.72 bits per heavy atom. The van der Waals surface area contributed by atoms with Crippen molar-refractivity contribution in [2.24, 2.45) is 5.41 Å². The number of carbonyl (C=O) groups excluding carboxylic acids is 2. The lowest BCUT2D eigenvalue weighted by Crippen LogP contribution is -2.21. The molecule has 0 saturated carbocycles. The lowest BCUT2D eigenvalue weighted by atomic mass is 9.67. The average Bonchev–Trinajstić information content (AvgIpc) is 3.06. The fraction of sp³-hybridized carbons (Fsp3) is 0.205. The highest BCUT2D eigenvalue weighted by atomic mass is 35.5. The predicted molar refractivity (Wildman–Crippen MR) is 178 cm³/mol. The Morgan fingerprint density at radius 1 is 0.979 bits per heavy atom. The zero-order valence-corrected chi connectivity index (χ0v) is 26.7. The smallest absolute Gasteiger partial charge is 0.416 e. The van der Waals surface area contributed by atoms with Gasteiger partial charge in [0.25, 0.3) is 0 Å². The highest BCUT2D eigenvalue weighted by molar-refractivity contribution is 6.30. The molecule has 3 aliphatic rings. The van der Waals surface area contributed by atoms with Crippen molar-refractivity contribution in [1.29, 1.82) is 0 Å². The van der Waals surface area contributed by atoms with Crippen LogP contribution in [0.2, 0.25) is 5.02 Å². The first-order chi connectivity index (χ1) is 22.4. The van der Waals surface area contributed by atoms with Gasteiger partial charge in [-0.15, -0.1) is 0 Å². The Morgan fingerprint density at radius 3 is 2.43 bits per heavy atom. The summed E-state index contributed by atoms with van der Waals surface area (Å²) >= 11 is 6.04. The van der Waals surface area contributed by atoms with Gasteiger partial charge < -0.3 is 9.47 Å². The van der Waals surface area contributed by atoms with Gasteiger partial charge in [0, 0.05) is 29.0 Å². The summed E-state index contributed by atoms with van der Waals surface area (Å²) in [4.78, 5) is 23.4. The monoisotopic (exact) mass is 654 g/mol. The Balaban J connectivity index is 0.000000230. The first-order valence-corrected chi connectivity index (χ1v) is 15.4. The normalized spacial score (nSPS) is 16.1. The number of allylic oxidation sites excluding steroid dienone is 5. The Labute approximate surface area is 275 Å². The molecule has 4 nitrogen and oxygen atoms in total. The lowest BCUT2D eigenvalue weighted by molar-refractivity contribution is -0.137. The number of rotatable bonds is 2. The van der Waals surface area contributed by atoms with E-state index in [0.29, 0.717) is 56.5 Å². The molecule has 0 spiro atoms. The summed E-state index contributed by atoms with van der Waals surface area (Å²) in [5.41, 5.74) is 5.96. The van der Waals surface area contributed by atoms with Crippen LogP contribution in [0.1, 0.15) is 48.9 Å². The van der Waals surface area contributed by atoms with E-state index in [2.05, 4.69) is 36.7 Å². The molecule has 0 radical (unpaired) electrons. The summed E-state index contributed by atoms with van der Waals surface area (Å²) in [6.45, 7) is 4.30. The topological polar surface area (TPSA) is 52.6 Å². The molecule has 0 fully saturated rings. The van der Waals surface area contributed by atoms with Gasteiger partial charge in [0.1, 0.15) is 18.0 Å². The fourth-order valence-electron chi connectivity index (χ4n) is 6.42. The molecule has 4 aromatic carbocycles. The van der Waals surface area contributed by atoms with Crippen molar-refractivity contribution in [3.05, 3.63) is 130 Å². The van der Waals surface area contributed by atoms with Crippen LogP contribution in [-0.4, -0.2) is 19.0 Å². The Kier molecular flexibility index (Phi) is 8.47. The number of alkyl halides is 3. The van der Waals surface area contributed by atoms with E-state index < -0.39 is 11.7 Å². The molecule has 238 valence electrons. The van der Waals surface area contributed by atoms with Gasteiger partial charge in [0.15, 0.2) is 0 Å². The second kappa shape index (κ2) is 12.4. The zero-order chi connectivity index (χ0) is 33.5. The van der Waals surface area contributed by atoms with Gasteiger partial charge in [-0.3, -0.25) is 0 Å². The van der Waals surface area contributed by atoms with Crippen molar-refractivity contribution in [3.63, 3.8) is 0 Å². The fourth-order valence-corrected chi connectivity index (χ4v) is 6.55. The van der Waals surface area contributed by atoms with Crippen molar-refractivity contribution in [3.8, 4) is 16.9 Å². The van der Waals surface area contributed by atoms with E-state index in [4.69, 9.17) is 16.3 Å². The van der Waals surface area contributed by atoms with E-state index in [9.17, 15) is 22.8 Å². The van der Waals surface area contributed by atoms with Crippen LogP contribution in [0.5, 0.6) is 5.75 Å². The molecule has 0 bridgehead atoms. The van der Waals surface area contributed by atoms with Gasteiger partial charge in [0.05, 0.1) is 18.2 Å². The molecule has 0 unspecified atom stereocenters. The van der Waals surface area contributed by atoms with Gasteiger partial charge in [-0.1, -0.05) is 85.6 Å². The standard InChI is InChI=1S/C28H20ClF3O.C11H10O3/c1-27(2)11-3-4-21-22-10-7-17-12-19(28(30,31)32)14-23(16-5-8-20(29)9-6-16)25(17)26(22)18(15-33)13-24(21)27;1-13-11(12)9-6-8-4-2-3-5-10(8)14-7-9/h3-10,12,14H,11,13H2,1-2H3;2-5,7H,6H2,1H3. The third kappa shape index (κ3) is 6.17. The molecule has 0 aromatic heterocycles. The molecule has 1 aliphatic heterocycles. The third-order valence-electron chi connectivity index (χ3n) is 8.85. The number of ether oxygens (including phenoxy) is 2. The molecule has 0 saturated heterocycles. The van der Waals surface area contributed by atoms with E-state index in [1.165, 1.54) is 19.4 Å². The predicted octanol–water partition coefficient (Wildman–Crippen LogP) is 10.2. The maximum absolute atomic E-state index is 13.8. The van der Waals surface area contributed by atoms with Gasteiger partial charge in [-0.05, 0) is 80.8 Å². The summed E-state index contributed by atoms with van der Waals surface area (Å²) < 4.78 is 51.2. The van der Waals surface area contributed by atoms with Crippen LogP contribution in [0, 0.1) is 5.41 Å². The number of hydrogen-bond donors (Lipinski definition) is 0. The second-order valence-corrected chi connectivity index (χ2v) is 12.7. The minimum Gasteiger partial charge on any atom is -0.466 e. The maximum Gasteiger partial charge on any atom is 0.416 e. The third-order valence-corrected chi connectivity index (χ3v) is 9.10. The van der Waals surface area contributed by atoms with Crippen molar-refractivity contribution in [2.45, 2.75) is 39.3 Å². The van der Waals surface area contributed by atoms with Gasteiger partial charge in [-0.25, -0.2) is 9.59 Å².